The van der Waals surface area contributed by atoms with Crippen molar-refractivity contribution in [2.75, 3.05) is 0 Å². The highest BCUT2D eigenvalue weighted by Crippen LogP contribution is 2.32. The highest BCUT2D eigenvalue weighted by molar-refractivity contribution is 9.12. The maximum atomic E-state index is 8.75. The number of hydrogen-bond acceptors (Lipinski definition) is 2. The van der Waals surface area contributed by atoms with Crippen molar-refractivity contribution in [2.24, 2.45) is 0 Å². The number of nitriles is 1. The van der Waals surface area contributed by atoms with Crippen molar-refractivity contribution in [3.63, 3.8) is 0 Å². The summed E-state index contributed by atoms with van der Waals surface area (Å²) in [7, 11) is 0. The minimum Gasteiger partial charge on any atom is -0.192 e. The average molecular weight is 268 g/mol. The normalized spacial score (nSPS) is 11.8. The first-order valence-electron chi connectivity index (χ1n) is 4.29. The summed E-state index contributed by atoms with van der Waals surface area (Å²) in [5.74, 6) is 0. The van der Waals surface area contributed by atoms with E-state index in [1.807, 2.05) is 37.3 Å². The van der Waals surface area contributed by atoms with Gasteiger partial charge in [0.1, 0.15) is 10.6 Å². The Kier molecular flexibility index (Phi) is 4.78. The second kappa shape index (κ2) is 5.90. The minimum atomic E-state index is 0.633. The standard InChI is InChI=1S/C11H10BrNS/c1-2-11(10(12)8-13)14-9-6-4-3-5-7-9/h3-7H,2H2,1H3. The summed E-state index contributed by atoms with van der Waals surface area (Å²) in [6, 6.07) is 12.2. The van der Waals surface area contributed by atoms with Gasteiger partial charge in [-0.25, -0.2) is 0 Å². The summed E-state index contributed by atoms with van der Waals surface area (Å²) in [4.78, 5) is 2.23. The van der Waals surface area contributed by atoms with Crippen LogP contribution in [0, 0.1) is 11.3 Å². The van der Waals surface area contributed by atoms with Gasteiger partial charge >= 0.3 is 0 Å². The highest BCUT2D eigenvalue weighted by atomic mass is 79.9. The Morgan fingerprint density at radius 2 is 2.07 bits per heavy atom. The predicted molar refractivity (Wildman–Crippen MR) is 64.2 cm³/mol. The first-order chi connectivity index (χ1) is 6.77. The fourth-order valence-electron chi connectivity index (χ4n) is 0.965. The molecule has 14 heavy (non-hydrogen) atoms. The van der Waals surface area contributed by atoms with Gasteiger partial charge in [-0.15, -0.1) is 0 Å². The quantitative estimate of drug-likeness (QED) is 0.602. The molecule has 0 saturated heterocycles. The van der Waals surface area contributed by atoms with E-state index in [1.54, 1.807) is 11.8 Å². The van der Waals surface area contributed by atoms with Gasteiger partial charge in [-0.1, -0.05) is 36.9 Å². The van der Waals surface area contributed by atoms with Crippen LogP contribution in [0.3, 0.4) is 0 Å². The van der Waals surface area contributed by atoms with Gasteiger partial charge in [-0.05, 0) is 34.5 Å². The largest absolute Gasteiger partial charge is 0.192 e. The zero-order valence-corrected chi connectivity index (χ0v) is 10.2. The molecule has 0 aliphatic carbocycles. The monoisotopic (exact) mass is 267 g/mol. The molecule has 0 unspecified atom stereocenters. The molecule has 1 aromatic carbocycles. The van der Waals surface area contributed by atoms with Crippen molar-refractivity contribution in [3.8, 4) is 6.07 Å². The van der Waals surface area contributed by atoms with E-state index in [4.69, 9.17) is 5.26 Å². The van der Waals surface area contributed by atoms with E-state index in [1.165, 1.54) is 0 Å². The van der Waals surface area contributed by atoms with Crippen LogP contribution in [0.4, 0.5) is 0 Å². The molecule has 72 valence electrons. The Morgan fingerprint density at radius 1 is 1.43 bits per heavy atom. The molecule has 0 amide bonds. The number of rotatable bonds is 3. The fourth-order valence-corrected chi connectivity index (χ4v) is 2.35. The Morgan fingerprint density at radius 3 is 2.57 bits per heavy atom. The average Bonchev–Trinajstić information content (AvgIpc) is 2.26. The number of benzene rings is 1. The van der Waals surface area contributed by atoms with Crippen molar-refractivity contribution < 1.29 is 0 Å². The minimum absolute atomic E-state index is 0.633. The number of allylic oxidation sites excluding steroid dienone is 2. The van der Waals surface area contributed by atoms with Crippen LogP contribution < -0.4 is 0 Å². The van der Waals surface area contributed by atoms with Crippen molar-refractivity contribution in [1.29, 1.82) is 5.26 Å². The third-order valence-electron chi connectivity index (χ3n) is 1.65. The highest BCUT2D eigenvalue weighted by Gasteiger charge is 2.03. The van der Waals surface area contributed by atoms with Gasteiger partial charge < -0.3 is 0 Å². The molecule has 0 saturated carbocycles. The van der Waals surface area contributed by atoms with Crippen molar-refractivity contribution >= 4 is 27.7 Å². The Hall–Kier alpha value is -0.720. The zero-order valence-electron chi connectivity index (χ0n) is 7.83. The molecule has 0 aromatic heterocycles. The number of nitrogens with zero attached hydrogens (tertiary/aromatic N) is 1. The molecule has 0 aliphatic rings. The molecule has 3 heteroatoms. The van der Waals surface area contributed by atoms with E-state index in [0.29, 0.717) is 4.48 Å². The predicted octanol–water partition coefficient (Wildman–Crippen LogP) is 4.32. The SMILES string of the molecule is CCC(Sc1ccccc1)=C(Br)C#N. The van der Waals surface area contributed by atoms with E-state index in [-0.39, 0.29) is 0 Å². The summed E-state index contributed by atoms with van der Waals surface area (Å²) in [5, 5.41) is 8.75. The maximum Gasteiger partial charge on any atom is 0.108 e. The van der Waals surface area contributed by atoms with Gasteiger partial charge in [-0.2, -0.15) is 5.26 Å². The molecule has 0 fully saturated rings. The Balaban J connectivity index is 2.83. The molecule has 1 nitrogen and oxygen atoms in total. The third-order valence-corrected chi connectivity index (χ3v) is 3.81. The number of halogens is 1. The lowest BCUT2D eigenvalue weighted by molar-refractivity contribution is 1.19. The van der Waals surface area contributed by atoms with Crippen LogP contribution in [0.15, 0.2) is 44.6 Å². The summed E-state index contributed by atoms with van der Waals surface area (Å²) in [6.07, 6.45) is 0.869. The van der Waals surface area contributed by atoms with Gasteiger partial charge in [0.15, 0.2) is 0 Å². The van der Waals surface area contributed by atoms with Crippen LogP contribution in [-0.4, -0.2) is 0 Å². The number of hydrogen-bond donors (Lipinski definition) is 0. The lowest BCUT2D eigenvalue weighted by atomic mass is 10.4. The Labute approximate surface area is 96.9 Å². The second-order valence-corrected chi connectivity index (χ2v) is 4.58. The van der Waals surface area contributed by atoms with Crippen molar-refractivity contribution in [1.82, 2.24) is 0 Å². The molecule has 0 atom stereocenters. The van der Waals surface area contributed by atoms with Gasteiger partial charge in [0.2, 0.25) is 0 Å². The van der Waals surface area contributed by atoms with Crippen molar-refractivity contribution in [3.05, 3.63) is 39.7 Å². The van der Waals surface area contributed by atoms with Crippen LogP contribution in [0.5, 0.6) is 0 Å². The summed E-state index contributed by atoms with van der Waals surface area (Å²) in [6.45, 7) is 2.05. The summed E-state index contributed by atoms with van der Waals surface area (Å²) in [5.41, 5.74) is 0. The van der Waals surface area contributed by atoms with Crippen molar-refractivity contribution in [2.45, 2.75) is 18.2 Å². The molecular formula is C11H10BrNS. The molecule has 0 aliphatic heterocycles. The van der Waals surface area contributed by atoms with Crippen LogP contribution in [0.25, 0.3) is 0 Å². The van der Waals surface area contributed by atoms with Crippen LogP contribution in [0.2, 0.25) is 0 Å². The van der Waals surface area contributed by atoms with Crippen LogP contribution in [0.1, 0.15) is 13.3 Å². The first-order valence-corrected chi connectivity index (χ1v) is 5.90. The van der Waals surface area contributed by atoms with E-state index in [2.05, 4.69) is 22.0 Å². The van der Waals surface area contributed by atoms with Gasteiger partial charge in [0.05, 0.1) is 0 Å². The zero-order chi connectivity index (χ0) is 10.4. The lowest BCUT2D eigenvalue weighted by Crippen LogP contribution is -1.78. The molecule has 0 spiro atoms. The van der Waals surface area contributed by atoms with Crippen LogP contribution >= 0.6 is 27.7 Å². The Bertz CT molecular complexity index is 365. The molecule has 0 bridgehead atoms. The molecule has 1 rings (SSSR count). The molecule has 0 radical (unpaired) electrons. The van der Waals surface area contributed by atoms with E-state index in [9.17, 15) is 0 Å². The summed E-state index contributed by atoms with van der Waals surface area (Å²) >= 11 is 4.89. The maximum absolute atomic E-state index is 8.75. The lowest BCUT2D eigenvalue weighted by Gasteiger charge is -2.03. The third kappa shape index (κ3) is 3.21. The van der Waals surface area contributed by atoms with Gasteiger partial charge in [-0.3, -0.25) is 0 Å². The second-order valence-electron chi connectivity index (χ2n) is 2.62. The topological polar surface area (TPSA) is 23.8 Å². The van der Waals surface area contributed by atoms with Gasteiger partial charge in [0.25, 0.3) is 0 Å². The molecule has 0 N–H and O–H groups in total. The van der Waals surface area contributed by atoms with Crippen LogP contribution in [-0.2, 0) is 0 Å². The summed E-state index contributed by atoms with van der Waals surface area (Å²) < 4.78 is 0.633. The molecule has 0 heterocycles. The number of thioether (sulfide) groups is 1. The van der Waals surface area contributed by atoms with E-state index in [0.717, 1.165) is 16.2 Å². The molecular weight excluding hydrogens is 258 g/mol. The first kappa shape index (κ1) is 11.4. The van der Waals surface area contributed by atoms with E-state index >= 15 is 0 Å². The van der Waals surface area contributed by atoms with E-state index < -0.39 is 0 Å². The smallest absolute Gasteiger partial charge is 0.108 e. The molecule has 1 aromatic rings. The fraction of sp³-hybridized carbons (Fsp3) is 0.182. The van der Waals surface area contributed by atoms with Gasteiger partial charge in [0, 0.05) is 9.80 Å².